The Kier molecular flexibility index (Phi) is 4.69. The molecule has 96 valence electrons. The van der Waals surface area contributed by atoms with Crippen LogP contribution in [0.3, 0.4) is 0 Å². The summed E-state index contributed by atoms with van der Waals surface area (Å²) in [5, 5.41) is 7.19. The molecule has 1 aromatic heterocycles. The number of rotatable bonds is 5. The fraction of sp³-hybridized carbons (Fsp3) is 0.667. The van der Waals surface area contributed by atoms with Crippen molar-refractivity contribution < 1.29 is 4.79 Å². The Morgan fingerprint density at radius 1 is 1.53 bits per heavy atom. The quantitative estimate of drug-likeness (QED) is 0.796. The maximum Gasteiger partial charge on any atom is 0.221 e. The fourth-order valence-corrected chi connectivity index (χ4v) is 1.71. The van der Waals surface area contributed by atoms with Crippen molar-refractivity contribution in [3.63, 3.8) is 0 Å². The highest BCUT2D eigenvalue weighted by Crippen LogP contribution is 2.11. The van der Waals surface area contributed by atoms with E-state index in [4.69, 9.17) is 5.73 Å². The van der Waals surface area contributed by atoms with E-state index in [1.54, 1.807) is 0 Å². The lowest BCUT2D eigenvalue weighted by Crippen LogP contribution is -2.31. The van der Waals surface area contributed by atoms with Gasteiger partial charge in [0.1, 0.15) is 0 Å². The zero-order valence-corrected chi connectivity index (χ0v) is 11.1. The lowest BCUT2D eigenvalue weighted by Gasteiger charge is -2.09. The van der Waals surface area contributed by atoms with E-state index in [9.17, 15) is 4.79 Å². The second-order valence-corrected chi connectivity index (χ2v) is 4.42. The Bertz CT molecular complexity index is 397. The van der Waals surface area contributed by atoms with Crippen LogP contribution in [0.15, 0.2) is 0 Å². The van der Waals surface area contributed by atoms with Gasteiger partial charge in [-0.2, -0.15) is 5.10 Å². The number of carbonyl (C=O) groups excluding carboxylic acids is 1. The lowest BCUT2D eigenvalue weighted by molar-refractivity contribution is -0.121. The van der Waals surface area contributed by atoms with Crippen LogP contribution in [-0.4, -0.2) is 21.7 Å². The molecule has 3 N–H and O–H groups in total. The molecule has 1 amide bonds. The smallest absolute Gasteiger partial charge is 0.221 e. The molecule has 17 heavy (non-hydrogen) atoms. The third kappa shape index (κ3) is 3.56. The molecule has 0 radical (unpaired) electrons. The molecule has 0 saturated carbocycles. The molecule has 0 spiro atoms. The molecule has 0 saturated heterocycles. The second-order valence-electron chi connectivity index (χ2n) is 4.42. The van der Waals surface area contributed by atoms with Crippen LogP contribution < -0.4 is 11.1 Å². The van der Waals surface area contributed by atoms with Crippen LogP contribution >= 0.6 is 0 Å². The number of aromatic nitrogens is 2. The largest absolute Gasteiger partial charge is 0.352 e. The van der Waals surface area contributed by atoms with Crippen LogP contribution in [-0.2, 0) is 18.4 Å². The molecule has 1 rings (SSSR count). The zero-order valence-electron chi connectivity index (χ0n) is 11.1. The lowest BCUT2D eigenvalue weighted by atomic mass is 10.1. The minimum Gasteiger partial charge on any atom is -0.352 e. The van der Waals surface area contributed by atoms with E-state index in [2.05, 4.69) is 10.4 Å². The topological polar surface area (TPSA) is 72.9 Å². The maximum atomic E-state index is 11.6. The minimum absolute atomic E-state index is 0.00185. The first kappa shape index (κ1) is 13.7. The van der Waals surface area contributed by atoms with Crippen molar-refractivity contribution in [1.29, 1.82) is 0 Å². The number of nitrogens with zero attached hydrogens (tertiary/aromatic N) is 2. The second kappa shape index (κ2) is 5.82. The summed E-state index contributed by atoms with van der Waals surface area (Å²) in [5.41, 5.74) is 8.87. The highest BCUT2D eigenvalue weighted by molar-refractivity contribution is 5.76. The SMILES string of the molecule is CCC(N)CC(=O)NCc1c(C)nn(C)c1C. The van der Waals surface area contributed by atoms with Gasteiger partial charge in [0.25, 0.3) is 0 Å². The van der Waals surface area contributed by atoms with Gasteiger partial charge in [0.05, 0.1) is 5.69 Å². The average molecular weight is 238 g/mol. The zero-order chi connectivity index (χ0) is 13.0. The van der Waals surface area contributed by atoms with Crippen molar-refractivity contribution >= 4 is 5.91 Å². The molecule has 5 nitrogen and oxygen atoms in total. The van der Waals surface area contributed by atoms with Crippen LogP contribution in [0, 0.1) is 13.8 Å². The number of hydrogen-bond donors (Lipinski definition) is 2. The molecule has 0 aromatic carbocycles. The Morgan fingerprint density at radius 2 is 2.18 bits per heavy atom. The van der Waals surface area contributed by atoms with E-state index >= 15 is 0 Å². The first-order valence-electron chi connectivity index (χ1n) is 5.97. The maximum absolute atomic E-state index is 11.6. The fourth-order valence-electron chi connectivity index (χ4n) is 1.71. The molecule has 0 aliphatic heterocycles. The summed E-state index contributed by atoms with van der Waals surface area (Å²) in [5.74, 6) is 0.00185. The van der Waals surface area contributed by atoms with Crippen molar-refractivity contribution in [2.45, 2.75) is 46.2 Å². The number of amides is 1. The average Bonchev–Trinajstić information content (AvgIpc) is 2.51. The molecule has 1 heterocycles. The Morgan fingerprint density at radius 3 is 2.65 bits per heavy atom. The van der Waals surface area contributed by atoms with E-state index in [1.807, 2.05) is 32.5 Å². The predicted octanol–water partition coefficient (Wildman–Crippen LogP) is 0.781. The van der Waals surface area contributed by atoms with Crippen LogP contribution in [0.1, 0.15) is 36.7 Å². The number of nitrogens with two attached hydrogens (primary N) is 1. The van der Waals surface area contributed by atoms with E-state index in [0.29, 0.717) is 13.0 Å². The van der Waals surface area contributed by atoms with Gasteiger partial charge in [-0.05, 0) is 20.3 Å². The van der Waals surface area contributed by atoms with Gasteiger partial charge >= 0.3 is 0 Å². The van der Waals surface area contributed by atoms with E-state index in [1.165, 1.54) is 0 Å². The molecule has 0 bridgehead atoms. The Labute approximate surface area is 102 Å². The van der Waals surface area contributed by atoms with Crippen molar-refractivity contribution in [3.8, 4) is 0 Å². The van der Waals surface area contributed by atoms with Crippen LogP contribution in [0.25, 0.3) is 0 Å². The standard InChI is InChI=1S/C12H22N4O/c1-5-10(13)6-12(17)14-7-11-8(2)15-16(4)9(11)3/h10H,5-7,13H2,1-4H3,(H,14,17). The molecular weight excluding hydrogens is 216 g/mol. The van der Waals surface area contributed by atoms with Gasteiger partial charge < -0.3 is 11.1 Å². The number of aryl methyl sites for hydroxylation is 2. The number of nitrogens with one attached hydrogen (secondary N) is 1. The van der Waals surface area contributed by atoms with Crippen LogP contribution in [0.4, 0.5) is 0 Å². The van der Waals surface area contributed by atoms with Gasteiger partial charge in [-0.1, -0.05) is 6.92 Å². The molecule has 1 aromatic rings. The Hall–Kier alpha value is -1.36. The number of carbonyl (C=O) groups is 1. The molecule has 1 atom stereocenters. The first-order chi connectivity index (χ1) is 7.95. The third-order valence-electron chi connectivity index (χ3n) is 3.09. The van der Waals surface area contributed by atoms with Gasteiger partial charge in [-0.15, -0.1) is 0 Å². The molecule has 0 aliphatic carbocycles. The molecular formula is C12H22N4O. The number of hydrogen-bond acceptors (Lipinski definition) is 3. The van der Waals surface area contributed by atoms with Crippen LogP contribution in [0.2, 0.25) is 0 Å². The summed E-state index contributed by atoms with van der Waals surface area (Å²) in [7, 11) is 1.90. The highest BCUT2D eigenvalue weighted by Gasteiger charge is 2.11. The minimum atomic E-state index is -0.0499. The summed E-state index contributed by atoms with van der Waals surface area (Å²) in [6, 6.07) is -0.0499. The summed E-state index contributed by atoms with van der Waals surface area (Å²) < 4.78 is 1.83. The molecule has 5 heteroatoms. The van der Waals surface area contributed by atoms with E-state index in [0.717, 1.165) is 23.4 Å². The Balaban J connectivity index is 2.53. The molecule has 0 aliphatic rings. The van der Waals surface area contributed by atoms with Crippen molar-refractivity contribution in [2.75, 3.05) is 0 Å². The van der Waals surface area contributed by atoms with Gasteiger partial charge in [0.2, 0.25) is 5.91 Å². The van der Waals surface area contributed by atoms with Gasteiger partial charge in [0, 0.05) is 37.3 Å². The van der Waals surface area contributed by atoms with Crippen molar-refractivity contribution in [1.82, 2.24) is 15.1 Å². The van der Waals surface area contributed by atoms with Crippen molar-refractivity contribution in [2.24, 2.45) is 12.8 Å². The summed E-state index contributed by atoms with van der Waals surface area (Å²) in [6.45, 7) is 6.46. The summed E-state index contributed by atoms with van der Waals surface area (Å²) in [4.78, 5) is 11.6. The monoisotopic (exact) mass is 238 g/mol. The van der Waals surface area contributed by atoms with E-state index < -0.39 is 0 Å². The summed E-state index contributed by atoms with van der Waals surface area (Å²) >= 11 is 0. The first-order valence-corrected chi connectivity index (χ1v) is 5.97. The third-order valence-corrected chi connectivity index (χ3v) is 3.09. The van der Waals surface area contributed by atoms with Crippen molar-refractivity contribution in [3.05, 3.63) is 17.0 Å². The predicted molar refractivity (Wildman–Crippen MR) is 67.4 cm³/mol. The van der Waals surface area contributed by atoms with Gasteiger partial charge in [0.15, 0.2) is 0 Å². The van der Waals surface area contributed by atoms with Gasteiger partial charge in [-0.25, -0.2) is 0 Å². The normalized spacial score (nSPS) is 12.5. The van der Waals surface area contributed by atoms with E-state index in [-0.39, 0.29) is 11.9 Å². The highest BCUT2D eigenvalue weighted by atomic mass is 16.1. The van der Waals surface area contributed by atoms with Crippen LogP contribution in [0.5, 0.6) is 0 Å². The molecule has 1 unspecified atom stereocenters. The summed E-state index contributed by atoms with van der Waals surface area (Å²) in [6.07, 6.45) is 1.20. The van der Waals surface area contributed by atoms with Gasteiger partial charge in [-0.3, -0.25) is 9.48 Å². The molecule has 0 fully saturated rings.